The van der Waals surface area contributed by atoms with Crippen LogP contribution in [0.1, 0.15) is 33.1 Å². The molecule has 16 heavy (non-hydrogen) atoms. The van der Waals surface area contributed by atoms with Gasteiger partial charge in [-0.1, -0.05) is 0 Å². The number of hydrogen-bond acceptors (Lipinski definition) is 3. The van der Waals surface area contributed by atoms with Crippen LogP contribution in [0.2, 0.25) is 0 Å². The van der Waals surface area contributed by atoms with Crippen LogP contribution in [0.4, 0.5) is 0 Å². The summed E-state index contributed by atoms with van der Waals surface area (Å²) in [4.78, 5) is 16.2. The van der Waals surface area contributed by atoms with Gasteiger partial charge in [-0.2, -0.15) is 0 Å². The molecule has 1 N–H and O–H groups in total. The van der Waals surface area contributed by atoms with Crippen molar-refractivity contribution in [1.29, 1.82) is 0 Å². The van der Waals surface area contributed by atoms with Crippen LogP contribution in [0.3, 0.4) is 0 Å². The Hall–Kier alpha value is -0.610. The Morgan fingerprint density at radius 1 is 1.50 bits per heavy atom. The van der Waals surface area contributed by atoms with Crippen molar-refractivity contribution in [2.24, 2.45) is 0 Å². The number of aliphatic hydroxyl groups is 1. The van der Waals surface area contributed by atoms with E-state index >= 15 is 0 Å². The third kappa shape index (κ3) is 4.10. The number of amides is 1. The molecule has 4 heteroatoms. The molecule has 1 aliphatic heterocycles. The van der Waals surface area contributed by atoms with E-state index < -0.39 is 0 Å². The van der Waals surface area contributed by atoms with Gasteiger partial charge in [-0.25, -0.2) is 0 Å². The van der Waals surface area contributed by atoms with E-state index in [4.69, 9.17) is 0 Å². The van der Waals surface area contributed by atoms with Crippen LogP contribution in [0.25, 0.3) is 0 Å². The van der Waals surface area contributed by atoms with Gasteiger partial charge in [0.2, 0.25) is 5.91 Å². The van der Waals surface area contributed by atoms with Gasteiger partial charge in [-0.15, -0.1) is 0 Å². The number of hydrogen-bond donors (Lipinski definition) is 1. The minimum atomic E-state index is -0.381. The molecule has 1 saturated heterocycles. The molecule has 0 aromatic carbocycles. The highest BCUT2D eigenvalue weighted by molar-refractivity contribution is 5.76. The maximum atomic E-state index is 12.0. The molecule has 1 amide bonds. The Labute approximate surface area is 98.2 Å². The van der Waals surface area contributed by atoms with Crippen LogP contribution in [0.5, 0.6) is 0 Å². The number of rotatable bonds is 3. The molecular formula is C12H24N2O2. The van der Waals surface area contributed by atoms with Crippen LogP contribution in [-0.4, -0.2) is 59.6 Å². The monoisotopic (exact) mass is 228 g/mol. The van der Waals surface area contributed by atoms with Crippen molar-refractivity contribution in [2.75, 3.05) is 26.7 Å². The van der Waals surface area contributed by atoms with Crippen LogP contribution in [-0.2, 0) is 4.79 Å². The van der Waals surface area contributed by atoms with E-state index in [1.165, 1.54) is 0 Å². The van der Waals surface area contributed by atoms with Crippen LogP contribution in [0.15, 0.2) is 0 Å². The van der Waals surface area contributed by atoms with Crippen LogP contribution < -0.4 is 0 Å². The van der Waals surface area contributed by atoms with Gasteiger partial charge in [0.1, 0.15) is 0 Å². The summed E-state index contributed by atoms with van der Waals surface area (Å²) in [7, 11) is 2.10. The summed E-state index contributed by atoms with van der Waals surface area (Å²) in [6, 6.07) is 0.286. The van der Waals surface area contributed by atoms with Gasteiger partial charge in [0.15, 0.2) is 0 Å². The molecule has 0 radical (unpaired) electrons. The highest BCUT2D eigenvalue weighted by Crippen LogP contribution is 2.11. The van der Waals surface area contributed by atoms with E-state index in [9.17, 15) is 9.90 Å². The maximum absolute atomic E-state index is 12.0. The van der Waals surface area contributed by atoms with Crippen molar-refractivity contribution in [3.05, 3.63) is 0 Å². The first-order valence-corrected chi connectivity index (χ1v) is 6.16. The van der Waals surface area contributed by atoms with Gasteiger partial charge in [0, 0.05) is 25.6 Å². The van der Waals surface area contributed by atoms with E-state index in [-0.39, 0.29) is 18.1 Å². The van der Waals surface area contributed by atoms with Crippen LogP contribution in [0, 0.1) is 0 Å². The second-order valence-electron chi connectivity index (χ2n) is 4.94. The average molecular weight is 228 g/mol. The molecule has 94 valence electrons. The third-order valence-corrected chi connectivity index (χ3v) is 3.14. The van der Waals surface area contributed by atoms with Crippen molar-refractivity contribution >= 4 is 5.91 Å². The smallest absolute Gasteiger partial charge is 0.222 e. The molecule has 4 nitrogen and oxygen atoms in total. The van der Waals surface area contributed by atoms with Crippen molar-refractivity contribution < 1.29 is 9.90 Å². The minimum absolute atomic E-state index is 0.184. The van der Waals surface area contributed by atoms with Gasteiger partial charge in [-0.3, -0.25) is 4.79 Å². The zero-order chi connectivity index (χ0) is 12.1. The van der Waals surface area contributed by atoms with E-state index in [1.807, 2.05) is 4.90 Å². The fraction of sp³-hybridized carbons (Fsp3) is 0.917. The zero-order valence-electron chi connectivity index (χ0n) is 10.6. The molecule has 0 aliphatic carbocycles. The van der Waals surface area contributed by atoms with E-state index in [1.54, 1.807) is 6.92 Å². The van der Waals surface area contributed by atoms with Gasteiger partial charge < -0.3 is 14.9 Å². The second kappa shape index (κ2) is 6.21. The second-order valence-corrected chi connectivity index (χ2v) is 4.94. The number of likely N-dealkylation sites (N-methyl/N-ethyl adjacent to an activating group) is 1. The predicted octanol–water partition coefficient (Wildman–Crippen LogP) is 0.700. The normalized spacial score (nSPS) is 25.2. The molecule has 2 atom stereocenters. The van der Waals surface area contributed by atoms with Gasteiger partial charge in [0.25, 0.3) is 0 Å². The Balaban J connectivity index is 2.47. The highest BCUT2D eigenvalue weighted by Gasteiger charge is 2.23. The predicted molar refractivity (Wildman–Crippen MR) is 64.2 cm³/mol. The Kier molecular flexibility index (Phi) is 5.22. The summed E-state index contributed by atoms with van der Waals surface area (Å²) in [5, 5.41) is 9.18. The molecule has 1 aliphatic rings. The fourth-order valence-electron chi connectivity index (χ4n) is 2.22. The summed E-state index contributed by atoms with van der Waals surface area (Å²) in [6.07, 6.45) is 1.69. The van der Waals surface area contributed by atoms with Crippen LogP contribution >= 0.6 is 0 Å². The van der Waals surface area contributed by atoms with Crippen molar-refractivity contribution in [3.63, 3.8) is 0 Å². The molecule has 1 fully saturated rings. The van der Waals surface area contributed by atoms with Gasteiger partial charge >= 0.3 is 0 Å². The highest BCUT2D eigenvalue weighted by atomic mass is 16.3. The lowest BCUT2D eigenvalue weighted by Crippen LogP contribution is -2.42. The largest absolute Gasteiger partial charge is 0.393 e. The quantitative estimate of drug-likeness (QED) is 0.773. The summed E-state index contributed by atoms with van der Waals surface area (Å²) in [5.41, 5.74) is 0. The number of nitrogens with zero attached hydrogens (tertiary/aromatic N) is 2. The third-order valence-electron chi connectivity index (χ3n) is 3.14. The fourth-order valence-corrected chi connectivity index (χ4v) is 2.22. The van der Waals surface area contributed by atoms with Gasteiger partial charge in [0.05, 0.1) is 6.10 Å². The molecule has 1 rings (SSSR count). The molecule has 0 spiro atoms. The van der Waals surface area contributed by atoms with Crippen molar-refractivity contribution in [2.45, 2.75) is 45.3 Å². The van der Waals surface area contributed by atoms with Crippen molar-refractivity contribution in [3.8, 4) is 0 Å². The zero-order valence-corrected chi connectivity index (χ0v) is 10.6. The lowest BCUT2D eigenvalue weighted by molar-refractivity contribution is -0.133. The summed E-state index contributed by atoms with van der Waals surface area (Å²) < 4.78 is 0. The number of carbonyl (C=O) groups excluding carboxylic acids is 1. The molecule has 1 heterocycles. The Morgan fingerprint density at radius 2 is 2.19 bits per heavy atom. The van der Waals surface area contributed by atoms with E-state index in [0.717, 1.165) is 26.1 Å². The van der Waals surface area contributed by atoms with E-state index in [2.05, 4.69) is 18.9 Å². The summed E-state index contributed by atoms with van der Waals surface area (Å²) >= 11 is 0. The summed E-state index contributed by atoms with van der Waals surface area (Å²) in [5.74, 6) is 0.184. The van der Waals surface area contributed by atoms with E-state index in [0.29, 0.717) is 12.8 Å². The molecule has 0 bridgehead atoms. The molecule has 0 aromatic heterocycles. The Morgan fingerprint density at radius 3 is 2.81 bits per heavy atom. The Bertz CT molecular complexity index is 231. The molecule has 2 unspecified atom stereocenters. The maximum Gasteiger partial charge on any atom is 0.222 e. The van der Waals surface area contributed by atoms with Gasteiger partial charge in [-0.05, 0) is 40.3 Å². The number of carbonyl (C=O) groups is 1. The lowest BCUT2D eigenvalue weighted by Gasteiger charge is -2.28. The number of aliphatic hydroxyl groups excluding tert-OH is 1. The lowest BCUT2D eigenvalue weighted by atomic mass is 10.1. The first kappa shape index (κ1) is 13.5. The minimum Gasteiger partial charge on any atom is -0.393 e. The molecule has 0 saturated carbocycles. The average Bonchev–Trinajstić information content (AvgIpc) is 2.35. The van der Waals surface area contributed by atoms with Crippen molar-refractivity contribution in [1.82, 2.24) is 9.80 Å². The molecule has 0 aromatic rings. The topological polar surface area (TPSA) is 43.8 Å². The molecular weight excluding hydrogens is 204 g/mol. The summed E-state index contributed by atoms with van der Waals surface area (Å²) in [6.45, 7) is 6.68. The SMILES string of the molecule is CC(O)CCC(=O)N1CCCN(C)CC1C. The standard InChI is InChI=1S/C12H24N2O2/c1-10-9-13(3)7-4-8-14(10)12(16)6-5-11(2)15/h10-11,15H,4-9H2,1-3H3. The first-order valence-electron chi connectivity index (χ1n) is 6.16. The first-order chi connectivity index (χ1) is 7.50.